The van der Waals surface area contributed by atoms with Crippen molar-refractivity contribution in [2.24, 2.45) is 5.92 Å². The van der Waals surface area contributed by atoms with Gasteiger partial charge in [0.15, 0.2) is 0 Å². The third-order valence-corrected chi connectivity index (χ3v) is 7.51. The van der Waals surface area contributed by atoms with E-state index in [-0.39, 0.29) is 36.8 Å². The third kappa shape index (κ3) is 8.33. The Kier molecular flexibility index (Phi) is 11.5. The number of imidazole rings is 1. The number of H-pyrrole nitrogens is 1. The van der Waals surface area contributed by atoms with E-state index in [2.05, 4.69) is 22.2 Å². The van der Waals surface area contributed by atoms with Crippen molar-refractivity contribution in [1.29, 1.82) is 0 Å². The normalized spacial score (nSPS) is 18.8. The fraction of sp³-hybridized carbons (Fsp3) is 0.556. The minimum atomic E-state index is -0.813. The van der Waals surface area contributed by atoms with Gasteiger partial charge in [-0.25, -0.2) is 9.78 Å². The lowest BCUT2D eigenvalue weighted by Crippen LogP contribution is -2.49. The Bertz CT molecular complexity index is 988. The Morgan fingerprint density at radius 1 is 1.27 bits per heavy atom. The van der Waals surface area contributed by atoms with Gasteiger partial charge in [0, 0.05) is 24.9 Å². The second kappa shape index (κ2) is 14.8. The van der Waals surface area contributed by atoms with Gasteiger partial charge in [0.2, 0.25) is 11.8 Å². The number of thioether (sulfide) groups is 1. The number of benzene rings is 1. The Morgan fingerprint density at radius 3 is 2.70 bits per heavy atom. The fourth-order valence-corrected chi connectivity index (χ4v) is 5.21. The van der Waals surface area contributed by atoms with Crippen molar-refractivity contribution in [1.82, 2.24) is 20.2 Å². The summed E-state index contributed by atoms with van der Waals surface area (Å²) in [6, 6.07) is 8.77. The first kappa shape index (κ1) is 28.7. The first-order chi connectivity index (χ1) is 18.0. The molecule has 9 nitrogen and oxygen atoms in total. The molecule has 1 fully saturated rings. The number of carbonyl (C=O) groups is 3. The third-order valence-electron chi connectivity index (χ3n) is 6.86. The molecule has 0 saturated carbocycles. The van der Waals surface area contributed by atoms with Crippen LogP contribution in [0, 0.1) is 5.92 Å². The van der Waals surface area contributed by atoms with Crippen LogP contribution in [0.3, 0.4) is 0 Å². The van der Waals surface area contributed by atoms with E-state index >= 15 is 0 Å². The zero-order chi connectivity index (χ0) is 26.6. The first-order valence-electron chi connectivity index (χ1n) is 12.8. The number of aromatic amines is 1. The van der Waals surface area contributed by atoms with Crippen LogP contribution in [-0.2, 0) is 36.7 Å². The van der Waals surface area contributed by atoms with Crippen LogP contribution in [0.25, 0.3) is 0 Å². The number of amides is 2. The number of nitrogens with one attached hydrogen (secondary N) is 2. The molecule has 202 valence electrons. The lowest BCUT2D eigenvalue weighted by atomic mass is 9.98. The van der Waals surface area contributed by atoms with E-state index in [1.165, 1.54) is 7.11 Å². The van der Waals surface area contributed by atoms with Crippen LogP contribution in [0.5, 0.6) is 0 Å². The SMILES string of the molecule is CC[C@H]1CCN(C(=O)Cc2cnc[nH]2)C1COC(Cc1ccccc1)C(=O)N[C@@H](CCSC)C(=O)OC. The number of ether oxygens (including phenoxy) is 2. The van der Waals surface area contributed by atoms with E-state index in [0.717, 1.165) is 24.1 Å². The fourth-order valence-electron chi connectivity index (χ4n) is 4.74. The molecule has 4 atom stereocenters. The summed E-state index contributed by atoms with van der Waals surface area (Å²) in [6.45, 7) is 3.02. The van der Waals surface area contributed by atoms with Crippen LogP contribution in [-0.4, -0.2) is 83.1 Å². The maximum Gasteiger partial charge on any atom is 0.328 e. The first-order valence-corrected chi connectivity index (χ1v) is 14.2. The second-order valence-corrected chi connectivity index (χ2v) is 10.2. The predicted molar refractivity (Wildman–Crippen MR) is 143 cm³/mol. The number of aromatic nitrogens is 2. The number of hydrogen-bond acceptors (Lipinski definition) is 7. The van der Waals surface area contributed by atoms with Gasteiger partial charge in [-0.1, -0.05) is 43.7 Å². The van der Waals surface area contributed by atoms with E-state index < -0.39 is 18.1 Å². The number of esters is 1. The topological polar surface area (TPSA) is 114 Å². The quantitative estimate of drug-likeness (QED) is 0.361. The molecule has 0 radical (unpaired) electrons. The minimum absolute atomic E-state index is 0.0145. The summed E-state index contributed by atoms with van der Waals surface area (Å²) in [6.07, 6.45) is 7.24. The number of hydrogen-bond donors (Lipinski definition) is 2. The molecule has 1 aromatic heterocycles. The van der Waals surface area contributed by atoms with Crippen molar-refractivity contribution in [2.75, 3.05) is 32.3 Å². The molecule has 10 heteroatoms. The summed E-state index contributed by atoms with van der Waals surface area (Å²) in [5, 5.41) is 2.84. The molecule has 2 heterocycles. The van der Waals surface area contributed by atoms with Gasteiger partial charge in [0.05, 0.1) is 32.5 Å². The summed E-state index contributed by atoms with van der Waals surface area (Å²) >= 11 is 1.60. The molecule has 37 heavy (non-hydrogen) atoms. The number of methoxy groups -OCH3 is 1. The van der Waals surface area contributed by atoms with Crippen LogP contribution in [0.4, 0.5) is 0 Å². The molecule has 0 aliphatic carbocycles. The monoisotopic (exact) mass is 530 g/mol. The van der Waals surface area contributed by atoms with Crippen molar-refractivity contribution < 1.29 is 23.9 Å². The zero-order valence-corrected chi connectivity index (χ0v) is 22.7. The van der Waals surface area contributed by atoms with Crippen molar-refractivity contribution >= 4 is 29.5 Å². The highest BCUT2D eigenvalue weighted by Crippen LogP contribution is 2.28. The van der Waals surface area contributed by atoms with Gasteiger partial charge in [-0.3, -0.25) is 9.59 Å². The van der Waals surface area contributed by atoms with E-state index in [9.17, 15) is 14.4 Å². The average Bonchev–Trinajstić information content (AvgIpc) is 3.58. The molecule has 2 unspecified atom stereocenters. The molecule has 1 aliphatic rings. The van der Waals surface area contributed by atoms with Gasteiger partial charge >= 0.3 is 5.97 Å². The zero-order valence-electron chi connectivity index (χ0n) is 21.9. The van der Waals surface area contributed by atoms with E-state index in [1.54, 1.807) is 24.3 Å². The highest BCUT2D eigenvalue weighted by atomic mass is 32.2. The maximum absolute atomic E-state index is 13.4. The van der Waals surface area contributed by atoms with Crippen LogP contribution in [0.15, 0.2) is 42.9 Å². The van der Waals surface area contributed by atoms with Crippen LogP contribution < -0.4 is 5.32 Å². The van der Waals surface area contributed by atoms with Gasteiger partial charge in [-0.2, -0.15) is 11.8 Å². The molecule has 2 amide bonds. The van der Waals surface area contributed by atoms with Gasteiger partial charge in [-0.05, 0) is 36.3 Å². The van der Waals surface area contributed by atoms with Crippen molar-refractivity contribution in [3.63, 3.8) is 0 Å². The van der Waals surface area contributed by atoms with E-state index in [0.29, 0.717) is 25.1 Å². The number of nitrogens with zero attached hydrogens (tertiary/aromatic N) is 2. The molecule has 1 aliphatic heterocycles. The molecule has 1 saturated heterocycles. The standard InChI is InChI=1S/C27H38N4O5S/c1-4-20-10-12-31(25(32)15-21-16-28-18-29-21)23(20)17-36-24(14-19-8-6-5-7-9-19)26(33)30-22(11-13-37-3)27(34)35-2/h5-9,16,18,20,22-24H,4,10-15,17H2,1-3H3,(H,28,29)(H,30,33)/t20-,22-,23?,24?/m0/s1. The molecular weight excluding hydrogens is 492 g/mol. The Balaban J connectivity index is 1.73. The van der Waals surface area contributed by atoms with Crippen molar-refractivity contribution in [2.45, 2.75) is 57.2 Å². The van der Waals surface area contributed by atoms with Gasteiger partial charge in [0.1, 0.15) is 12.1 Å². The minimum Gasteiger partial charge on any atom is -0.467 e. The van der Waals surface area contributed by atoms with Crippen molar-refractivity contribution in [3.05, 3.63) is 54.1 Å². The molecule has 0 bridgehead atoms. The van der Waals surface area contributed by atoms with Crippen LogP contribution in [0.1, 0.15) is 37.4 Å². The van der Waals surface area contributed by atoms with E-state index in [1.807, 2.05) is 41.5 Å². The number of carbonyl (C=O) groups excluding carboxylic acids is 3. The smallest absolute Gasteiger partial charge is 0.328 e. The van der Waals surface area contributed by atoms with Gasteiger partial charge in [-0.15, -0.1) is 0 Å². The summed E-state index contributed by atoms with van der Waals surface area (Å²) < 4.78 is 11.2. The maximum atomic E-state index is 13.4. The molecule has 3 rings (SSSR count). The van der Waals surface area contributed by atoms with Crippen LogP contribution >= 0.6 is 11.8 Å². The molecule has 1 aromatic carbocycles. The summed E-state index contributed by atoms with van der Waals surface area (Å²) in [5.41, 5.74) is 1.72. The summed E-state index contributed by atoms with van der Waals surface area (Å²) in [4.78, 5) is 47.6. The van der Waals surface area contributed by atoms with Gasteiger partial charge in [0.25, 0.3) is 0 Å². The lowest BCUT2D eigenvalue weighted by Gasteiger charge is -2.30. The van der Waals surface area contributed by atoms with E-state index in [4.69, 9.17) is 9.47 Å². The summed E-state index contributed by atoms with van der Waals surface area (Å²) in [5.74, 6) is 0.175. The number of rotatable bonds is 14. The average molecular weight is 531 g/mol. The highest BCUT2D eigenvalue weighted by Gasteiger charge is 2.37. The Morgan fingerprint density at radius 2 is 2.05 bits per heavy atom. The van der Waals surface area contributed by atoms with Gasteiger partial charge < -0.3 is 24.7 Å². The second-order valence-electron chi connectivity index (χ2n) is 9.24. The Labute approximate surface area is 223 Å². The van der Waals surface area contributed by atoms with Crippen LogP contribution in [0.2, 0.25) is 0 Å². The number of likely N-dealkylation sites (tertiary alicyclic amines) is 1. The predicted octanol–water partition coefficient (Wildman–Crippen LogP) is 2.62. The lowest BCUT2D eigenvalue weighted by molar-refractivity contribution is -0.148. The highest BCUT2D eigenvalue weighted by molar-refractivity contribution is 7.98. The summed E-state index contributed by atoms with van der Waals surface area (Å²) in [7, 11) is 1.32. The largest absolute Gasteiger partial charge is 0.467 e. The van der Waals surface area contributed by atoms with Crippen molar-refractivity contribution in [3.8, 4) is 0 Å². The molecular formula is C27H38N4O5S. The Hall–Kier alpha value is -2.85. The molecule has 2 aromatic rings. The molecule has 2 N–H and O–H groups in total. The molecule has 0 spiro atoms.